The molecule has 0 unspecified atom stereocenters. The van der Waals surface area contributed by atoms with Crippen LogP contribution in [0, 0.1) is 6.92 Å². The summed E-state index contributed by atoms with van der Waals surface area (Å²) >= 11 is 0. The number of hydrogen-bond donors (Lipinski definition) is 1. The maximum atomic E-state index is 12.5. The normalized spacial score (nSPS) is 10.5. The number of aryl methyl sites for hydroxylation is 1. The zero-order valence-corrected chi connectivity index (χ0v) is 14.0. The van der Waals surface area contributed by atoms with Crippen LogP contribution in [0.4, 0.5) is 5.95 Å². The van der Waals surface area contributed by atoms with Crippen LogP contribution in [0.1, 0.15) is 21.5 Å². The van der Waals surface area contributed by atoms with Crippen LogP contribution in [-0.4, -0.2) is 27.8 Å². The lowest BCUT2D eigenvalue weighted by Crippen LogP contribution is -2.16. The van der Waals surface area contributed by atoms with Crippen LogP contribution in [0.25, 0.3) is 0 Å². The zero-order valence-electron chi connectivity index (χ0n) is 14.0. The monoisotopic (exact) mass is 338 g/mol. The Hall–Kier alpha value is -3.35. The number of benzene rings is 2. The van der Waals surface area contributed by atoms with Gasteiger partial charge in [-0.05, 0) is 42.8 Å². The summed E-state index contributed by atoms with van der Waals surface area (Å²) in [6, 6.07) is 12.8. The van der Waals surface area contributed by atoms with Gasteiger partial charge in [-0.1, -0.05) is 12.1 Å². The summed E-state index contributed by atoms with van der Waals surface area (Å²) in [5.41, 5.74) is 7.91. The van der Waals surface area contributed by atoms with Gasteiger partial charge in [0, 0.05) is 11.1 Å². The van der Waals surface area contributed by atoms with Crippen molar-refractivity contribution in [3.63, 3.8) is 0 Å². The standard InChI is InChI=1S/C18H18N4O3/c1-12-4-3-5-15(8-12)25-10-14-9-13(6-7-16(14)24-2)17(23)22-18(19)20-11-21-22/h3-9,11H,10H2,1-2H3,(H2,19,20,21). The third-order valence-corrected chi connectivity index (χ3v) is 3.68. The first-order valence-electron chi connectivity index (χ1n) is 7.65. The van der Waals surface area contributed by atoms with Crippen molar-refractivity contribution in [3.05, 3.63) is 65.5 Å². The summed E-state index contributed by atoms with van der Waals surface area (Å²) in [4.78, 5) is 16.3. The first kappa shape index (κ1) is 16.5. The molecule has 7 nitrogen and oxygen atoms in total. The number of nitrogens with two attached hydrogens (primary N) is 1. The van der Waals surface area contributed by atoms with Gasteiger partial charge in [-0.2, -0.15) is 14.8 Å². The molecule has 0 bridgehead atoms. The molecular weight excluding hydrogens is 320 g/mol. The third kappa shape index (κ3) is 3.60. The first-order valence-corrected chi connectivity index (χ1v) is 7.65. The SMILES string of the molecule is COc1ccc(C(=O)n2ncnc2N)cc1COc1cccc(C)c1. The minimum atomic E-state index is -0.366. The molecule has 2 N–H and O–H groups in total. The molecule has 0 amide bonds. The number of methoxy groups -OCH3 is 1. The fraction of sp³-hybridized carbons (Fsp3) is 0.167. The summed E-state index contributed by atoms with van der Waals surface area (Å²) in [6.07, 6.45) is 1.23. The number of carbonyl (C=O) groups excluding carboxylic acids is 1. The maximum absolute atomic E-state index is 12.5. The molecule has 1 aromatic heterocycles. The van der Waals surface area contributed by atoms with E-state index in [0.29, 0.717) is 11.3 Å². The molecule has 0 aliphatic rings. The molecule has 3 aromatic rings. The Labute approximate surface area is 145 Å². The topological polar surface area (TPSA) is 92.3 Å². The molecule has 128 valence electrons. The number of aromatic nitrogens is 3. The molecule has 0 saturated heterocycles. The summed E-state index contributed by atoms with van der Waals surface area (Å²) in [5, 5.41) is 3.84. The highest BCUT2D eigenvalue weighted by Crippen LogP contribution is 2.23. The second kappa shape index (κ2) is 7.04. The maximum Gasteiger partial charge on any atom is 0.281 e. The van der Waals surface area contributed by atoms with Crippen LogP contribution in [0.3, 0.4) is 0 Å². The van der Waals surface area contributed by atoms with Gasteiger partial charge < -0.3 is 15.2 Å². The van der Waals surface area contributed by atoms with Crippen LogP contribution in [0.15, 0.2) is 48.8 Å². The molecule has 7 heteroatoms. The van der Waals surface area contributed by atoms with Crippen molar-refractivity contribution in [2.45, 2.75) is 13.5 Å². The highest BCUT2D eigenvalue weighted by molar-refractivity contribution is 5.96. The van der Waals surface area contributed by atoms with Crippen molar-refractivity contribution in [1.29, 1.82) is 0 Å². The largest absolute Gasteiger partial charge is 0.496 e. The molecule has 1 heterocycles. The Morgan fingerprint density at radius 2 is 2.08 bits per heavy atom. The minimum absolute atomic E-state index is 0.0402. The van der Waals surface area contributed by atoms with Crippen LogP contribution in [0.2, 0.25) is 0 Å². The van der Waals surface area contributed by atoms with Crippen LogP contribution in [-0.2, 0) is 6.61 Å². The van der Waals surface area contributed by atoms with Crippen LogP contribution >= 0.6 is 0 Å². The Balaban J connectivity index is 1.85. The average Bonchev–Trinajstić information content (AvgIpc) is 3.05. The van der Waals surface area contributed by atoms with Gasteiger partial charge in [-0.25, -0.2) is 0 Å². The van der Waals surface area contributed by atoms with Gasteiger partial charge >= 0.3 is 0 Å². The smallest absolute Gasteiger partial charge is 0.281 e. The third-order valence-electron chi connectivity index (χ3n) is 3.68. The van der Waals surface area contributed by atoms with Crippen molar-refractivity contribution in [1.82, 2.24) is 14.8 Å². The Bertz CT molecular complexity index is 905. The lowest BCUT2D eigenvalue weighted by molar-refractivity contribution is 0.0947. The van der Waals surface area contributed by atoms with E-state index in [9.17, 15) is 4.79 Å². The predicted molar refractivity (Wildman–Crippen MR) is 92.7 cm³/mol. The predicted octanol–water partition coefficient (Wildman–Crippen LogP) is 2.44. The number of ether oxygens (including phenoxy) is 2. The van der Waals surface area contributed by atoms with Gasteiger partial charge in [0.25, 0.3) is 5.91 Å². The van der Waals surface area contributed by atoms with E-state index >= 15 is 0 Å². The van der Waals surface area contributed by atoms with E-state index in [1.54, 1.807) is 25.3 Å². The quantitative estimate of drug-likeness (QED) is 0.768. The van der Waals surface area contributed by atoms with Gasteiger partial charge in [-0.3, -0.25) is 4.79 Å². The Morgan fingerprint density at radius 1 is 1.24 bits per heavy atom. The van der Waals surface area contributed by atoms with Gasteiger partial charge in [0.1, 0.15) is 24.4 Å². The molecule has 0 aliphatic carbocycles. The van der Waals surface area contributed by atoms with Crippen molar-refractivity contribution in [3.8, 4) is 11.5 Å². The number of anilines is 1. The van der Waals surface area contributed by atoms with Gasteiger partial charge in [0.05, 0.1) is 7.11 Å². The van der Waals surface area contributed by atoms with E-state index < -0.39 is 0 Å². The highest BCUT2D eigenvalue weighted by Gasteiger charge is 2.15. The van der Waals surface area contributed by atoms with Gasteiger partial charge in [0.15, 0.2) is 0 Å². The Kier molecular flexibility index (Phi) is 4.65. The number of nitrogen functional groups attached to an aromatic ring is 1. The first-order chi connectivity index (χ1) is 12.1. The van der Waals surface area contributed by atoms with E-state index in [0.717, 1.165) is 21.6 Å². The minimum Gasteiger partial charge on any atom is -0.496 e. The molecule has 0 saturated carbocycles. The fourth-order valence-electron chi connectivity index (χ4n) is 2.42. The molecule has 0 aliphatic heterocycles. The van der Waals surface area contributed by atoms with Crippen molar-refractivity contribution < 1.29 is 14.3 Å². The molecule has 25 heavy (non-hydrogen) atoms. The molecular formula is C18H18N4O3. The van der Waals surface area contributed by atoms with Crippen molar-refractivity contribution >= 4 is 11.9 Å². The number of carbonyl (C=O) groups is 1. The summed E-state index contributed by atoms with van der Waals surface area (Å²) in [7, 11) is 1.57. The highest BCUT2D eigenvalue weighted by atomic mass is 16.5. The van der Waals surface area contributed by atoms with Crippen LogP contribution < -0.4 is 15.2 Å². The van der Waals surface area contributed by atoms with E-state index in [4.69, 9.17) is 15.2 Å². The van der Waals surface area contributed by atoms with Crippen LogP contribution in [0.5, 0.6) is 11.5 Å². The zero-order chi connectivity index (χ0) is 17.8. The van der Waals surface area contributed by atoms with Crippen molar-refractivity contribution in [2.75, 3.05) is 12.8 Å². The van der Waals surface area contributed by atoms with E-state index in [2.05, 4.69) is 10.1 Å². The molecule has 0 spiro atoms. The molecule has 0 atom stereocenters. The average molecular weight is 338 g/mol. The summed E-state index contributed by atoms with van der Waals surface area (Å²) in [6.45, 7) is 2.26. The second-order valence-electron chi connectivity index (χ2n) is 5.47. The van der Waals surface area contributed by atoms with Gasteiger partial charge in [-0.15, -0.1) is 0 Å². The lowest BCUT2D eigenvalue weighted by Gasteiger charge is -2.12. The molecule has 0 fully saturated rings. The summed E-state index contributed by atoms with van der Waals surface area (Å²) in [5.74, 6) is 1.06. The van der Waals surface area contributed by atoms with Crippen molar-refractivity contribution in [2.24, 2.45) is 0 Å². The number of hydrogen-bond acceptors (Lipinski definition) is 6. The number of nitrogens with zero attached hydrogens (tertiary/aromatic N) is 3. The lowest BCUT2D eigenvalue weighted by atomic mass is 10.1. The van der Waals surface area contributed by atoms with E-state index in [-0.39, 0.29) is 18.5 Å². The fourth-order valence-corrected chi connectivity index (χ4v) is 2.42. The molecule has 2 aromatic carbocycles. The second-order valence-corrected chi connectivity index (χ2v) is 5.47. The van der Waals surface area contributed by atoms with E-state index in [1.807, 2.05) is 31.2 Å². The summed E-state index contributed by atoms with van der Waals surface area (Å²) < 4.78 is 12.2. The number of rotatable bonds is 5. The van der Waals surface area contributed by atoms with Gasteiger partial charge in [0.2, 0.25) is 5.95 Å². The molecule has 3 rings (SSSR count). The molecule has 0 radical (unpaired) electrons. The Morgan fingerprint density at radius 3 is 2.76 bits per heavy atom. The van der Waals surface area contributed by atoms with E-state index in [1.165, 1.54) is 6.33 Å².